The quantitative estimate of drug-likeness (QED) is 0.548. The molecule has 0 bridgehead atoms. The van der Waals surface area contributed by atoms with Crippen LogP contribution in [0.15, 0.2) is 86.0 Å². The van der Waals surface area contributed by atoms with Gasteiger partial charge >= 0.3 is 0 Å². The van der Waals surface area contributed by atoms with Crippen molar-refractivity contribution in [1.82, 2.24) is 0 Å². The van der Waals surface area contributed by atoms with Gasteiger partial charge < -0.3 is 0 Å². The highest BCUT2D eigenvalue weighted by Gasteiger charge is 2.06. The summed E-state index contributed by atoms with van der Waals surface area (Å²) in [5.74, 6) is 0. The maximum Gasteiger partial charge on any atom is -0.0172 e. The van der Waals surface area contributed by atoms with Crippen LogP contribution in [0.1, 0.15) is 25.0 Å². The molecule has 22 heavy (non-hydrogen) atoms. The minimum atomic E-state index is 1.02. The number of hydrogen-bond acceptors (Lipinski definition) is 0. The molecule has 0 fully saturated rings. The van der Waals surface area contributed by atoms with Crippen molar-refractivity contribution in [3.05, 3.63) is 97.1 Å². The Morgan fingerprint density at radius 2 is 1.64 bits per heavy atom. The summed E-state index contributed by atoms with van der Waals surface area (Å²) in [4.78, 5) is 0. The van der Waals surface area contributed by atoms with Gasteiger partial charge in [-0.15, -0.1) is 0 Å². The summed E-state index contributed by atoms with van der Waals surface area (Å²) in [6, 6.07) is 17.0. The van der Waals surface area contributed by atoms with Crippen LogP contribution in [0.5, 0.6) is 0 Å². The lowest BCUT2D eigenvalue weighted by Gasteiger charge is -2.11. The minimum Gasteiger partial charge on any atom is -0.0991 e. The fourth-order valence-corrected chi connectivity index (χ4v) is 2.41. The van der Waals surface area contributed by atoms with E-state index in [0.717, 1.165) is 11.1 Å². The first-order valence-electron chi connectivity index (χ1n) is 7.48. The Labute approximate surface area is 133 Å². The van der Waals surface area contributed by atoms with Gasteiger partial charge in [0.05, 0.1) is 0 Å². The summed E-state index contributed by atoms with van der Waals surface area (Å²) >= 11 is 0. The lowest BCUT2D eigenvalue weighted by Crippen LogP contribution is -1.88. The molecule has 0 aliphatic carbocycles. The molecule has 2 aromatic carbocycles. The van der Waals surface area contributed by atoms with E-state index in [4.69, 9.17) is 0 Å². The lowest BCUT2D eigenvalue weighted by atomic mass is 9.94. The minimum absolute atomic E-state index is 1.02. The molecule has 0 N–H and O–H groups in total. The first kappa shape index (κ1) is 15.8. The van der Waals surface area contributed by atoms with Gasteiger partial charge in [-0.25, -0.2) is 0 Å². The second kappa shape index (κ2) is 7.42. The number of rotatable bonds is 5. The van der Waals surface area contributed by atoms with Gasteiger partial charge in [0, 0.05) is 0 Å². The molecule has 0 saturated carbocycles. The molecular weight excluding hydrogens is 264 g/mol. The normalized spacial score (nSPS) is 11.6. The highest BCUT2D eigenvalue weighted by Crippen LogP contribution is 2.28. The third kappa shape index (κ3) is 3.73. The van der Waals surface area contributed by atoms with Crippen LogP contribution in [0.2, 0.25) is 0 Å². The molecule has 0 saturated heterocycles. The Bertz CT molecular complexity index is 728. The molecule has 0 aromatic heterocycles. The number of hydrogen-bond donors (Lipinski definition) is 0. The van der Waals surface area contributed by atoms with Crippen LogP contribution >= 0.6 is 0 Å². The summed E-state index contributed by atoms with van der Waals surface area (Å²) < 4.78 is 0. The van der Waals surface area contributed by atoms with Crippen molar-refractivity contribution < 1.29 is 0 Å². The Morgan fingerprint density at radius 1 is 0.955 bits per heavy atom. The first-order valence-corrected chi connectivity index (χ1v) is 7.48. The second-order valence-electron chi connectivity index (χ2n) is 5.28. The molecule has 0 aliphatic rings. The van der Waals surface area contributed by atoms with E-state index in [0.29, 0.717) is 0 Å². The lowest BCUT2D eigenvalue weighted by molar-refractivity contribution is 1.51. The molecule has 0 spiro atoms. The molecular formula is C22H22. The molecule has 0 atom stereocenters. The average Bonchev–Trinajstić information content (AvgIpc) is 2.55. The van der Waals surface area contributed by atoms with Gasteiger partial charge in [-0.2, -0.15) is 0 Å². The molecule has 0 unspecified atom stereocenters. The number of benzene rings is 2. The first-order chi connectivity index (χ1) is 10.7. The van der Waals surface area contributed by atoms with Crippen LogP contribution < -0.4 is 0 Å². The van der Waals surface area contributed by atoms with Gasteiger partial charge in [-0.1, -0.05) is 67.8 Å². The molecule has 0 nitrogen and oxygen atoms in total. The molecule has 0 heterocycles. The van der Waals surface area contributed by atoms with Crippen molar-refractivity contribution in [2.45, 2.75) is 13.8 Å². The fourth-order valence-electron chi connectivity index (χ4n) is 2.41. The molecule has 110 valence electrons. The highest BCUT2D eigenvalue weighted by molar-refractivity contribution is 5.81. The van der Waals surface area contributed by atoms with E-state index in [-0.39, 0.29) is 0 Å². The Morgan fingerprint density at radius 3 is 2.27 bits per heavy atom. The van der Waals surface area contributed by atoms with Crippen LogP contribution in [0.3, 0.4) is 0 Å². The van der Waals surface area contributed by atoms with Crippen LogP contribution in [-0.4, -0.2) is 0 Å². The van der Waals surface area contributed by atoms with Crippen molar-refractivity contribution >= 4 is 11.1 Å². The zero-order valence-electron chi connectivity index (χ0n) is 13.3. The van der Waals surface area contributed by atoms with E-state index < -0.39 is 0 Å². The van der Waals surface area contributed by atoms with E-state index in [1.807, 2.05) is 37.3 Å². The van der Waals surface area contributed by atoms with Crippen LogP contribution in [-0.2, 0) is 0 Å². The molecule has 0 heteroatoms. The third-order valence-corrected chi connectivity index (χ3v) is 3.60. The average molecular weight is 286 g/mol. The van der Waals surface area contributed by atoms with Gasteiger partial charge in [0.1, 0.15) is 0 Å². The molecule has 0 radical (unpaired) electrons. The summed E-state index contributed by atoms with van der Waals surface area (Å²) in [6.07, 6.45) is 7.92. The predicted molar refractivity (Wildman–Crippen MR) is 99.6 cm³/mol. The Kier molecular flexibility index (Phi) is 5.32. The molecule has 2 rings (SSSR count). The summed E-state index contributed by atoms with van der Waals surface area (Å²) in [7, 11) is 0. The maximum absolute atomic E-state index is 4.17. The zero-order valence-corrected chi connectivity index (χ0v) is 13.3. The van der Waals surface area contributed by atoms with Crippen LogP contribution in [0, 0.1) is 0 Å². The van der Waals surface area contributed by atoms with Gasteiger partial charge in [-0.3, -0.25) is 0 Å². The van der Waals surface area contributed by atoms with Gasteiger partial charge in [0.2, 0.25) is 0 Å². The number of allylic oxidation sites excluding steroid dienone is 6. The van der Waals surface area contributed by atoms with Crippen molar-refractivity contribution in [3.63, 3.8) is 0 Å². The molecule has 2 aromatic rings. The zero-order chi connectivity index (χ0) is 15.9. The van der Waals surface area contributed by atoms with Crippen molar-refractivity contribution in [2.24, 2.45) is 0 Å². The van der Waals surface area contributed by atoms with E-state index in [9.17, 15) is 0 Å². The van der Waals surface area contributed by atoms with E-state index in [1.54, 1.807) is 0 Å². The standard InChI is InChI=1S/C22H22/c1-5-10-17(3)20-14-21(18(4)11-6-2)16-22(15-20)19-12-8-7-9-13-19/h5-16H,1,4H2,2-3H3/b11-6-,17-10+. The van der Waals surface area contributed by atoms with Gasteiger partial charge in [-0.05, 0) is 65.4 Å². The topological polar surface area (TPSA) is 0 Å². The van der Waals surface area contributed by atoms with Gasteiger partial charge in [0.25, 0.3) is 0 Å². The van der Waals surface area contributed by atoms with Crippen LogP contribution in [0.25, 0.3) is 22.3 Å². The molecule has 0 amide bonds. The van der Waals surface area contributed by atoms with Gasteiger partial charge in [0.15, 0.2) is 0 Å². The fraction of sp³-hybridized carbons (Fsp3) is 0.0909. The molecule has 0 aliphatic heterocycles. The van der Waals surface area contributed by atoms with E-state index in [2.05, 4.69) is 62.5 Å². The summed E-state index contributed by atoms with van der Waals surface area (Å²) in [5, 5.41) is 0. The predicted octanol–water partition coefficient (Wildman–Crippen LogP) is 6.53. The van der Waals surface area contributed by atoms with E-state index >= 15 is 0 Å². The highest BCUT2D eigenvalue weighted by atomic mass is 14.1. The summed E-state index contributed by atoms with van der Waals surface area (Å²) in [6.45, 7) is 12.1. The van der Waals surface area contributed by atoms with Crippen molar-refractivity contribution in [1.29, 1.82) is 0 Å². The smallest absolute Gasteiger partial charge is 0.0172 e. The third-order valence-electron chi connectivity index (χ3n) is 3.60. The Hall–Kier alpha value is -2.60. The monoisotopic (exact) mass is 286 g/mol. The summed E-state index contributed by atoms with van der Waals surface area (Å²) in [5.41, 5.74) is 6.98. The van der Waals surface area contributed by atoms with Crippen molar-refractivity contribution in [2.75, 3.05) is 0 Å². The maximum atomic E-state index is 4.17. The van der Waals surface area contributed by atoms with E-state index in [1.165, 1.54) is 22.3 Å². The van der Waals surface area contributed by atoms with Crippen LogP contribution in [0.4, 0.5) is 0 Å². The van der Waals surface area contributed by atoms with Crippen molar-refractivity contribution in [3.8, 4) is 11.1 Å². The SMILES string of the molecule is C=C/C=C(\C)c1cc(C(=C)/C=C\C)cc(-c2ccccc2)c1. The largest absolute Gasteiger partial charge is 0.0991 e. The second-order valence-corrected chi connectivity index (χ2v) is 5.28. The Balaban J connectivity index is 2.61.